The minimum atomic E-state index is -1.53. The van der Waals surface area contributed by atoms with Crippen LogP contribution in [-0.2, 0) is 0 Å². The number of benzene rings is 1. The molecule has 0 saturated heterocycles. The van der Waals surface area contributed by atoms with Crippen molar-refractivity contribution < 1.29 is 13.2 Å². The summed E-state index contributed by atoms with van der Waals surface area (Å²) in [6.07, 6.45) is 2.74. The number of anilines is 2. The van der Waals surface area contributed by atoms with E-state index in [1.54, 1.807) is 0 Å². The topological polar surface area (TPSA) is 48.7 Å². The molecule has 0 radical (unpaired) electrons. The second-order valence-electron chi connectivity index (χ2n) is 3.41. The Labute approximate surface area is 101 Å². The van der Waals surface area contributed by atoms with E-state index in [9.17, 15) is 13.2 Å². The molecule has 0 aliphatic carbocycles. The molecule has 0 saturated carbocycles. The van der Waals surface area contributed by atoms with Crippen LogP contribution in [0, 0.1) is 28.8 Å². The third-order valence-corrected chi connectivity index (χ3v) is 2.20. The molecule has 1 heterocycles. The summed E-state index contributed by atoms with van der Waals surface area (Å²) in [7, 11) is 0. The SMILES string of the molecule is N#Cc1ccncc1Nc1cc(F)c(F)c(F)c1. The molecular formula is C12H6F3N3. The van der Waals surface area contributed by atoms with Crippen molar-refractivity contribution in [2.45, 2.75) is 0 Å². The fourth-order valence-electron chi connectivity index (χ4n) is 1.37. The molecule has 90 valence electrons. The summed E-state index contributed by atoms with van der Waals surface area (Å²) in [4.78, 5) is 3.78. The van der Waals surface area contributed by atoms with Gasteiger partial charge in [0.05, 0.1) is 17.4 Å². The van der Waals surface area contributed by atoms with Gasteiger partial charge in [-0.25, -0.2) is 13.2 Å². The van der Waals surface area contributed by atoms with Crippen molar-refractivity contribution in [2.75, 3.05) is 5.32 Å². The zero-order valence-electron chi connectivity index (χ0n) is 8.92. The lowest BCUT2D eigenvalue weighted by Crippen LogP contribution is -1.98. The van der Waals surface area contributed by atoms with E-state index in [0.717, 1.165) is 12.1 Å². The zero-order valence-corrected chi connectivity index (χ0v) is 8.92. The molecular weight excluding hydrogens is 243 g/mol. The first-order chi connectivity index (χ1) is 8.61. The number of rotatable bonds is 2. The average molecular weight is 249 g/mol. The van der Waals surface area contributed by atoms with Crippen LogP contribution in [0.1, 0.15) is 5.56 Å². The maximum absolute atomic E-state index is 13.0. The van der Waals surface area contributed by atoms with Crippen molar-refractivity contribution >= 4 is 11.4 Å². The molecule has 1 aromatic heterocycles. The third-order valence-electron chi connectivity index (χ3n) is 2.20. The second-order valence-corrected chi connectivity index (χ2v) is 3.41. The van der Waals surface area contributed by atoms with Gasteiger partial charge < -0.3 is 5.32 Å². The maximum atomic E-state index is 13.0. The standard InChI is InChI=1S/C12H6F3N3/c13-9-3-8(4-10(14)12(9)15)18-11-6-17-2-1-7(11)5-16/h1-4,6,18H. The Morgan fingerprint density at radius 2 is 1.83 bits per heavy atom. The van der Waals surface area contributed by atoms with Crippen molar-refractivity contribution in [3.8, 4) is 6.07 Å². The lowest BCUT2D eigenvalue weighted by atomic mass is 10.2. The van der Waals surface area contributed by atoms with Gasteiger partial charge in [0, 0.05) is 24.0 Å². The smallest absolute Gasteiger partial charge is 0.194 e. The molecule has 0 bridgehead atoms. The predicted molar refractivity (Wildman–Crippen MR) is 58.6 cm³/mol. The highest BCUT2D eigenvalue weighted by molar-refractivity contribution is 5.65. The van der Waals surface area contributed by atoms with Crippen molar-refractivity contribution in [3.05, 3.63) is 53.6 Å². The Balaban J connectivity index is 2.38. The minimum Gasteiger partial charge on any atom is -0.353 e. The van der Waals surface area contributed by atoms with Crippen LogP contribution < -0.4 is 5.32 Å². The molecule has 0 aliphatic rings. The molecule has 0 fully saturated rings. The lowest BCUT2D eigenvalue weighted by Gasteiger charge is -2.08. The highest BCUT2D eigenvalue weighted by Crippen LogP contribution is 2.22. The molecule has 2 aromatic rings. The monoisotopic (exact) mass is 249 g/mol. The molecule has 6 heteroatoms. The van der Waals surface area contributed by atoms with Gasteiger partial charge in [-0.1, -0.05) is 0 Å². The van der Waals surface area contributed by atoms with Gasteiger partial charge in [-0.05, 0) is 6.07 Å². The number of hydrogen-bond acceptors (Lipinski definition) is 3. The molecule has 0 atom stereocenters. The molecule has 3 nitrogen and oxygen atoms in total. The maximum Gasteiger partial charge on any atom is 0.194 e. The number of hydrogen-bond donors (Lipinski definition) is 1. The number of halogens is 3. The van der Waals surface area contributed by atoms with Gasteiger partial charge in [-0.2, -0.15) is 5.26 Å². The summed E-state index contributed by atoms with van der Waals surface area (Å²) in [5.41, 5.74) is 0.538. The normalized spacial score (nSPS) is 9.89. The van der Waals surface area contributed by atoms with Crippen LogP contribution in [0.5, 0.6) is 0 Å². The average Bonchev–Trinajstić information content (AvgIpc) is 2.36. The van der Waals surface area contributed by atoms with Crippen LogP contribution in [0.15, 0.2) is 30.6 Å². The van der Waals surface area contributed by atoms with Gasteiger partial charge >= 0.3 is 0 Å². The van der Waals surface area contributed by atoms with Crippen LogP contribution >= 0.6 is 0 Å². The Kier molecular flexibility index (Phi) is 3.15. The van der Waals surface area contributed by atoms with Gasteiger partial charge in [0.2, 0.25) is 0 Å². The summed E-state index contributed by atoms with van der Waals surface area (Å²) in [5, 5.41) is 11.4. The van der Waals surface area contributed by atoms with Crippen LogP contribution in [0.2, 0.25) is 0 Å². The van der Waals surface area contributed by atoms with Gasteiger partial charge in [0.25, 0.3) is 0 Å². The third kappa shape index (κ3) is 2.25. The molecule has 0 unspecified atom stereocenters. The van der Waals surface area contributed by atoms with Gasteiger partial charge in [0.15, 0.2) is 17.5 Å². The van der Waals surface area contributed by atoms with E-state index in [1.807, 2.05) is 6.07 Å². The Bertz CT molecular complexity index is 612. The second kappa shape index (κ2) is 4.75. The van der Waals surface area contributed by atoms with E-state index in [-0.39, 0.29) is 16.9 Å². The summed E-state index contributed by atoms with van der Waals surface area (Å²) in [5.74, 6) is -4.15. The molecule has 18 heavy (non-hydrogen) atoms. The predicted octanol–water partition coefficient (Wildman–Crippen LogP) is 3.11. The number of aromatic nitrogens is 1. The van der Waals surface area contributed by atoms with E-state index < -0.39 is 17.5 Å². The van der Waals surface area contributed by atoms with Gasteiger partial charge in [0.1, 0.15) is 6.07 Å². The Hall–Kier alpha value is -2.55. The molecule has 2 rings (SSSR count). The van der Waals surface area contributed by atoms with Crippen LogP contribution in [0.3, 0.4) is 0 Å². The summed E-state index contributed by atoms with van der Waals surface area (Å²) in [6.45, 7) is 0. The molecule has 0 spiro atoms. The van der Waals surface area contributed by atoms with Crippen LogP contribution in [0.4, 0.5) is 24.5 Å². The van der Waals surface area contributed by atoms with E-state index in [0.29, 0.717) is 0 Å². The van der Waals surface area contributed by atoms with E-state index >= 15 is 0 Å². The van der Waals surface area contributed by atoms with E-state index in [4.69, 9.17) is 5.26 Å². The first-order valence-electron chi connectivity index (χ1n) is 4.87. The number of nitrogens with one attached hydrogen (secondary N) is 1. The highest BCUT2D eigenvalue weighted by Gasteiger charge is 2.11. The van der Waals surface area contributed by atoms with Gasteiger partial charge in [-0.15, -0.1) is 0 Å². The quantitative estimate of drug-likeness (QED) is 0.832. The van der Waals surface area contributed by atoms with Crippen molar-refractivity contribution in [1.82, 2.24) is 4.98 Å². The molecule has 1 aromatic carbocycles. The molecule has 1 N–H and O–H groups in total. The highest BCUT2D eigenvalue weighted by atomic mass is 19.2. The molecule has 0 amide bonds. The van der Waals surface area contributed by atoms with Crippen molar-refractivity contribution in [3.63, 3.8) is 0 Å². The number of nitriles is 1. The van der Waals surface area contributed by atoms with Crippen molar-refractivity contribution in [1.29, 1.82) is 5.26 Å². The summed E-state index contributed by atoms with van der Waals surface area (Å²) in [6, 6.07) is 4.93. The van der Waals surface area contributed by atoms with Crippen LogP contribution in [-0.4, -0.2) is 4.98 Å². The minimum absolute atomic E-state index is 0.00380. The summed E-state index contributed by atoms with van der Waals surface area (Å²) < 4.78 is 38.7. The summed E-state index contributed by atoms with van der Waals surface area (Å²) >= 11 is 0. The van der Waals surface area contributed by atoms with Crippen LogP contribution in [0.25, 0.3) is 0 Å². The number of nitrogens with zero attached hydrogens (tertiary/aromatic N) is 2. The van der Waals surface area contributed by atoms with E-state index in [2.05, 4.69) is 10.3 Å². The first-order valence-corrected chi connectivity index (χ1v) is 4.87. The Morgan fingerprint density at radius 1 is 1.17 bits per heavy atom. The number of pyridine rings is 1. The largest absolute Gasteiger partial charge is 0.353 e. The fraction of sp³-hybridized carbons (Fsp3) is 0. The van der Waals surface area contributed by atoms with E-state index in [1.165, 1.54) is 18.5 Å². The lowest BCUT2D eigenvalue weighted by molar-refractivity contribution is 0.448. The fourth-order valence-corrected chi connectivity index (χ4v) is 1.37. The zero-order chi connectivity index (χ0) is 13.1. The van der Waals surface area contributed by atoms with Gasteiger partial charge in [-0.3, -0.25) is 4.98 Å². The van der Waals surface area contributed by atoms with Crippen molar-refractivity contribution in [2.24, 2.45) is 0 Å². The molecule has 0 aliphatic heterocycles. The first kappa shape index (κ1) is 11.9. The Morgan fingerprint density at radius 3 is 2.44 bits per heavy atom.